The largest absolute Gasteiger partial charge is 0.390 e. The average Bonchev–Trinajstić information content (AvgIpc) is 2.82. The molecule has 0 saturated heterocycles. The molecule has 0 saturated carbocycles. The van der Waals surface area contributed by atoms with Crippen molar-refractivity contribution in [3.8, 4) is 0 Å². The highest BCUT2D eigenvalue weighted by molar-refractivity contribution is 5.80. The van der Waals surface area contributed by atoms with Gasteiger partial charge in [0.25, 0.3) is 0 Å². The van der Waals surface area contributed by atoms with Crippen molar-refractivity contribution < 1.29 is 0 Å². The molecule has 1 aromatic rings. The zero-order valence-electron chi connectivity index (χ0n) is 24.3. The van der Waals surface area contributed by atoms with Gasteiger partial charge in [-0.25, -0.2) is 0 Å². The van der Waals surface area contributed by atoms with Crippen LogP contribution in [0.25, 0.3) is 11.1 Å². The second-order valence-electron chi connectivity index (χ2n) is 10.7. The summed E-state index contributed by atoms with van der Waals surface area (Å²) < 4.78 is 0. The molecule has 1 unspecified atom stereocenters. The van der Waals surface area contributed by atoms with Gasteiger partial charge in [0.15, 0.2) is 0 Å². The Labute approximate surface area is 222 Å². The molecule has 0 spiro atoms. The summed E-state index contributed by atoms with van der Waals surface area (Å²) in [4.78, 5) is 0. The highest BCUT2D eigenvalue weighted by Gasteiger charge is 2.23. The first-order chi connectivity index (χ1) is 16.9. The first kappa shape index (κ1) is 31.0. The molecule has 0 amide bonds. The van der Waals surface area contributed by atoms with Gasteiger partial charge in [0, 0.05) is 18.3 Å². The van der Waals surface area contributed by atoms with Gasteiger partial charge in [0.1, 0.15) is 0 Å². The molecule has 1 nitrogen and oxygen atoms in total. The van der Waals surface area contributed by atoms with E-state index in [1.165, 1.54) is 27.8 Å². The molecule has 0 aliphatic carbocycles. The average molecular weight is 484 g/mol. The van der Waals surface area contributed by atoms with Crippen LogP contribution in [0.5, 0.6) is 0 Å². The van der Waals surface area contributed by atoms with E-state index in [2.05, 4.69) is 109 Å². The lowest BCUT2D eigenvalue weighted by Gasteiger charge is -2.29. The number of allylic oxidation sites excluding steroid dienone is 8. The second kappa shape index (κ2) is 14.5. The Kier molecular flexibility index (Phi) is 12.5. The molecule has 1 rings (SSSR count). The van der Waals surface area contributed by atoms with Crippen molar-refractivity contribution in [3.63, 3.8) is 0 Å². The standard InChI is InChI=1S/C35H49N/c1-13-18-19-36-24-30(16-4)34-23-31(21-27(9)35(10,11)12)33(22-29(34)15-3)26(8)20-28(14-2)32(17-5)25(6)7/h13,16-17,20,22-24,27,36H,1-2,4,6,15,18-19,21H2,3,5,7-12H3/b26-20+,30-24+,32-17-. The molecule has 194 valence electrons. The maximum Gasteiger partial charge on any atom is 0.0232 e. The molecule has 0 radical (unpaired) electrons. The van der Waals surface area contributed by atoms with Crippen LogP contribution in [-0.2, 0) is 12.8 Å². The molecule has 0 heterocycles. The number of hydrogen-bond acceptors (Lipinski definition) is 1. The zero-order chi connectivity index (χ0) is 27.5. The lowest BCUT2D eigenvalue weighted by atomic mass is 9.76. The van der Waals surface area contributed by atoms with Gasteiger partial charge in [-0.3, -0.25) is 0 Å². The SMILES string of the molecule is C=C=C(/C=C(\C)c1cc(CC)c(/C(C=C)=C/NCCC=C)cc1CC(C)C(C)(C)C)/C(=C\C)C(=C)C. The highest BCUT2D eigenvalue weighted by Crippen LogP contribution is 2.35. The molecule has 1 heteroatoms. The van der Waals surface area contributed by atoms with Crippen molar-refractivity contribution in [2.45, 2.75) is 74.7 Å². The van der Waals surface area contributed by atoms with Crippen molar-refractivity contribution in [1.82, 2.24) is 5.32 Å². The summed E-state index contributed by atoms with van der Waals surface area (Å²) in [7, 11) is 0. The van der Waals surface area contributed by atoms with Gasteiger partial charge in [-0.15, -0.1) is 12.3 Å². The van der Waals surface area contributed by atoms with Gasteiger partial charge >= 0.3 is 0 Å². The normalized spacial score (nSPS) is 13.6. The highest BCUT2D eigenvalue weighted by atomic mass is 14.8. The molecule has 36 heavy (non-hydrogen) atoms. The molecule has 0 bridgehead atoms. The van der Waals surface area contributed by atoms with E-state index in [1.54, 1.807) is 0 Å². The Bertz CT molecular complexity index is 1090. The minimum atomic E-state index is 0.214. The van der Waals surface area contributed by atoms with E-state index in [1.807, 2.05) is 26.0 Å². The Morgan fingerprint density at radius 1 is 1.11 bits per heavy atom. The van der Waals surface area contributed by atoms with Crippen molar-refractivity contribution >= 4 is 11.1 Å². The Morgan fingerprint density at radius 2 is 1.75 bits per heavy atom. The number of aryl methyl sites for hydroxylation is 1. The van der Waals surface area contributed by atoms with Gasteiger partial charge in [-0.2, -0.15) is 0 Å². The van der Waals surface area contributed by atoms with Crippen LogP contribution in [0.4, 0.5) is 0 Å². The fourth-order valence-corrected chi connectivity index (χ4v) is 4.19. The molecule has 0 fully saturated rings. The van der Waals surface area contributed by atoms with E-state index < -0.39 is 0 Å². The molecular weight excluding hydrogens is 434 g/mol. The van der Waals surface area contributed by atoms with Crippen LogP contribution >= 0.6 is 0 Å². The summed E-state index contributed by atoms with van der Waals surface area (Å²) in [5.74, 6) is 0.516. The van der Waals surface area contributed by atoms with Gasteiger partial charge in [-0.05, 0) is 96.4 Å². The van der Waals surface area contributed by atoms with Crippen LogP contribution in [0.15, 0.2) is 91.4 Å². The molecule has 0 aromatic heterocycles. The Balaban J connectivity index is 3.80. The monoisotopic (exact) mass is 483 g/mol. The molecule has 0 aliphatic heterocycles. The van der Waals surface area contributed by atoms with E-state index in [-0.39, 0.29) is 5.41 Å². The fraction of sp³-hybridized carbons (Fsp3) is 0.400. The molecule has 0 aliphatic rings. The summed E-state index contributed by atoms with van der Waals surface area (Å²) in [5.41, 5.74) is 14.0. The predicted octanol–water partition coefficient (Wildman–Crippen LogP) is 9.80. The van der Waals surface area contributed by atoms with Crippen LogP contribution in [0.3, 0.4) is 0 Å². The van der Waals surface area contributed by atoms with Crippen molar-refractivity contribution in [2.24, 2.45) is 11.3 Å². The lowest BCUT2D eigenvalue weighted by molar-refractivity contribution is 0.260. The second-order valence-corrected chi connectivity index (χ2v) is 10.7. The number of rotatable bonds is 13. The van der Waals surface area contributed by atoms with Crippen LogP contribution in [-0.4, -0.2) is 6.54 Å². The summed E-state index contributed by atoms with van der Waals surface area (Å²) in [6.45, 7) is 34.7. The van der Waals surface area contributed by atoms with Gasteiger partial charge in [-0.1, -0.05) is 90.3 Å². The summed E-state index contributed by atoms with van der Waals surface area (Å²) in [6.07, 6.45) is 13.1. The quantitative estimate of drug-likeness (QED) is 0.127. The third-order valence-electron chi connectivity index (χ3n) is 7.01. The first-order valence-corrected chi connectivity index (χ1v) is 13.2. The minimum Gasteiger partial charge on any atom is -0.390 e. The smallest absolute Gasteiger partial charge is 0.0232 e. The molecular formula is C35H49N. The van der Waals surface area contributed by atoms with Crippen LogP contribution in [0.2, 0.25) is 0 Å². The van der Waals surface area contributed by atoms with Gasteiger partial charge < -0.3 is 5.32 Å². The maximum atomic E-state index is 4.15. The van der Waals surface area contributed by atoms with E-state index in [9.17, 15) is 0 Å². The maximum absolute atomic E-state index is 4.15. The topological polar surface area (TPSA) is 12.0 Å². The van der Waals surface area contributed by atoms with Crippen LogP contribution in [0.1, 0.15) is 84.1 Å². The summed E-state index contributed by atoms with van der Waals surface area (Å²) >= 11 is 0. The Hall–Kier alpha value is -3.02. The minimum absolute atomic E-state index is 0.214. The molecule has 1 atom stereocenters. The van der Waals surface area contributed by atoms with E-state index in [0.717, 1.165) is 48.1 Å². The Morgan fingerprint density at radius 3 is 2.22 bits per heavy atom. The summed E-state index contributed by atoms with van der Waals surface area (Å²) in [6, 6.07) is 4.77. The van der Waals surface area contributed by atoms with Crippen molar-refractivity contribution in [3.05, 3.63) is 114 Å². The van der Waals surface area contributed by atoms with Crippen molar-refractivity contribution in [2.75, 3.05) is 6.54 Å². The predicted molar refractivity (Wildman–Crippen MR) is 164 cm³/mol. The lowest BCUT2D eigenvalue weighted by Crippen LogP contribution is -2.20. The van der Waals surface area contributed by atoms with E-state index in [4.69, 9.17) is 0 Å². The number of benzene rings is 1. The fourth-order valence-electron chi connectivity index (χ4n) is 4.19. The van der Waals surface area contributed by atoms with Gasteiger partial charge in [0.2, 0.25) is 0 Å². The third-order valence-corrected chi connectivity index (χ3v) is 7.01. The number of hydrogen-bond donors (Lipinski definition) is 1. The van der Waals surface area contributed by atoms with Crippen LogP contribution < -0.4 is 5.32 Å². The van der Waals surface area contributed by atoms with Crippen LogP contribution in [0, 0.1) is 11.3 Å². The van der Waals surface area contributed by atoms with E-state index in [0.29, 0.717) is 5.92 Å². The molecule has 1 N–H and O–H groups in total. The third kappa shape index (κ3) is 8.58. The first-order valence-electron chi connectivity index (χ1n) is 13.2. The summed E-state index contributed by atoms with van der Waals surface area (Å²) in [5, 5.41) is 3.42. The van der Waals surface area contributed by atoms with Gasteiger partial charge in [0.05, 0.1) is 0 Å². The van der Waals surface area contributed by atoms with E-state index >= 15 is 0 Å². The van der Waals surface area contributed by atoms with Crippen molar-refractivity contribution in [1.29, 1.82) is 0 Å². The molecule has 1 aromatic carbocycles. The zero-order valence-corrected chi connectivity index (χ0v) is 24.3. The number of nitrogens with one attached hydrogen (secondary N) is 1.